The number of hydrogen-bond acceptors (Lipinski definition) is 5. The summed E-state index contributed by atoms with van der Waals surface area (Å²) in [6.07, 6.45) is 1.81. The Balaban J connectivity index is 1.68. The number of ether oxygens (including phenoxy) is 2. The fourth-order valence-electron chi connectivity index (χ4n) is 3.28. The van der Waals surface area contributed by atoms with Crippen molar-refractivity contribution in [3.05, 3.63) is 52.2 Å². The van der Waals surface area contributed by atoms with Gasteiger partial charge in [0.05, 0.1) is 18.6 Å². The van der Waals surface area contributed by atoms with Gasteiger partial charge in [0.2, 0.25) is 0 Å². The monoisotopic (exact) mass is 400 g/mol. The Hall–Kier alpha value is -2.67. The van der Waals surface area contributed by atoms with Gasteiger partial charge < -0.3 is 14.0 Å². The minimum Gasteiger partial charge on any atom is -0.493 e. The largest absolute Gasteiger partial charge is 0.493 e. The maximum Gasteiger partial charge on any atom is 0.293 e. The van der Waals surface area contributed by atoms with Gasteiger partial charge >= 0.3 is 0 Å². The summed E-state index contributed by atoms with van der Waals surface area (Å²) in [5, 5.41) is -0.274. The number of imide groups is 1. The molecular formula is C21H24N2O4S. The third kappa shape index (κ3) is 3.94. The molecule has 0 saturated carbocycles. The standard InChI is InChI=1S/C21H24N2O4S/c1-5-22-14(2)12-16(15(22)3)13-19-20(24)23(21(25)28-19)10-11-27-18-9-7-6-8-17(18)26-4/h6-9,12-13H,5,10-11H2,1-4H3/b19-13-. The Morgan fingerprint density at radius 3 is 2.50 bits per heavy atom. The van der Waals surface area contributed by atoms with Crippen LogP contribution in [0.2, 0.25) is 0 Å². The number of carbonyl (C=O) groups excluding carboxylic acids is 2. The summed E-state index contributed by atoms with van der Waals surface area (Å²) in [4.78, 5) is 26.7. The zero-order valence-corrected chi connectivity index (χ0v) is 17.3. The van der Waals surface area contributed by atoms with Crippen molar-refractivity contribution >= 4 is 29.0 Å². The number of nitrogens with zero attached hydrogens (tertiary/aromatic N) is 2. The molecule has 0 N–H and O–H groups in total. The molecule has 0 aliphatic carbocycles. The number of aryl methyl sites for hydroxylation is 1. The number of hydrogen-bond donors (Lipinski definition) is 0. The second kappa shape index (κ2) is 8.56. The molecule has 0 bridgehead atoms. The average Bonchev–Trinajstić information content (AvgIpc) is 3.11. The van der Waals surface area contributed by atoms with Crippen molar-refractivity contribution in [2.75, 3.05) is 20.3 Å². The van der Waals surface area contributed by atoms with E-state index in [1.165, 1.54) is 4.90 Å². The first kappa shape index (κ1) is 20.1. The van der Waals surface area contributed by atoms with Crippen molar-refractivity contribution in [3.8, 4) is 11.5 Å². The van der Waals surface area contributed by atoms with Crippen LogP contribution in [0.25, 0.3) is 6.08 Å². The van der Waals surface area contributed by atoms with E-state index in [2.05, 4.69) is 11.5 Å². The fourth-order valence-corrected chi connectivity index (χ4v) is 4.14. The summed E-state index contributed by atoms with van der Waals surface area (Å²) >= 11 is 0.971. The molecule has 1 aliphatic heterocycles. The average molecular weight is 401 g/mol. The van der Waals surface area contributed by atoms with Crippen molar-refractivity contribution in [3.63, 3.8) is 0 Å². The highest BCUT2D eigenvalue weighted by molar-refractivity contribution is 8.18. The molecule has 1 saturated heterocycles. The molecule has 0 unspecified atom stereocenters. The van der Waals surface area contributed by atoms with Crippen LogP contribution in [-0.2, 0) is 11.3 Å². The Kier molecular flexibility index (Phi) is 6.14. The normalized spacial score (nSPS) is 15.6. The molecule has 1 fully saturated rings. The van der Waals surface area contributed by atoms with Gasteiger partial charge in [0.25, 0.3) is 11.1 Å². The van der Waals surface area contributed by atoms with Crippen molar-refractivity contribution < 1.29 is 19.1 Å². The summed E-state index contributed by atoms with van der Waals surface area (Å²) in [5.41, 5.74) is 3.19. The van der Waals surface area contributed by atoms with Crippen molar-refractivity contribution in [1.29, 1.82) is 0 Å². The van der Waals surface area contributed by atoms with Crippen LogP contribution >= 0.6 is 11.8 Å². The fraction of sp³-hybridized carbons (Fsp3) is 0.333. The van der Waals surface area contributed by atoms with E-state index >= 15 is 0 Å². The topological polar surface area (TPSA) is 60.8 Å². The molecule has 7 heteroatoms. The van der Waals surface area contributed by atoms with Crippen LogP contribution in [0.3, 0.4) is 0 Å². The highest BCUT2D eigenvalue weighted by Gasteiger charge is 2.35. The quantitative estimate of drug-likeness (QED) is 0.650. The van der Waals surface area contributed by atoms with Gasteiger partial charge in [-0.1, -0.05) is 12.1 Å². The number of rotatable bonds is 7. The van der Waals surface area contributed by atoms with Crippen LogP contribution in [-0.4, -0.2) is 40.9 Å². The lowest BCUT2D eigenvalue weighted by molar-refractivity contribution is -0.123. The first-order chi connectivity index (χ1) is 13.5. The number of carbonyl (C=O) groups is 2. The molecule has 28 heavy (non-hydrogen) atoms. The molecule has 2 aromatic rings. The number of thioether (sulfide) groups is 1. The lowest BCUT2D eigenvalue weighted by Crippen LogP contribution is -2.32. The maximum atomic E-state index is 12.7. The van der Waals surface area contributed by atoms with E-state index in [1.54, 1.807) is 25.3 Å². The number of benzene rings is 1. The van der Waals surface area contributed by atoms with Crippen LogP contribution in [0.5, 0.6) is 11.5 Å². The Labute approximate surface area is 169 Å². The lowest BCUT2D eigenvalue weighted by atomic mass is 10.2. The van der Waals surface area contributed by atoms with E-state index in [0.717, 1.165) is 35.3 Å². The summed E-state index contributed by atoms with van der Waals surface area (Å²) in [7, 11) is 1.57. The molecule has 1 aromatic carbocycles. The van der Waals surface area contributed by atoms with Crippen LogP contribution in [0.4, 0.5) is 4.79 Å². The van der Waals surface area contributed by atoms with E-state index in [4.69, 9.17) is 9.47 Å². The molecule has 1 aromatic heterocycles. The van der Waals surface area contributed by atoms with Crippen molar-refractivity contribution in [2.45, 2.75) is 27.3 Å². The Morgan fingerprint density at radius 1 is 1.14 bits per heavy atom. The molecule has 0 atom stereocenters. The van der Waals surface area contributed by atoms with Crippen LogP contribution in [0, 0.1) is 13.8 Å². The van der Waals surface area contributed by atoms with E-state index < -0.39 is 0 Å². The van der Waals surface area contributed by atoms with E-state index in [9.17, 15) is 9.59 Å². The molecule has 2 heterocycles. The third-order valence-corrected chi connectivity index (χ3v) is 5.64. The van der Waals surface area contributed by atoms with Gasteiger partial charge in [-0.15, -0.1) is 0 Å². The number of amides is 2. The molecular weight excluding hydrogens is 376 g/mol. The second-order valence-electron chi connectivity index (χ2n) is 6.40. The predicted octanol–water partition coefficient (Wildman–Crippen LogP) is 4.25. The number of methoxy groups -OCH3 is 1. The van der Waals surface area contributed by atoms with E-state index in [1.807, 2.05) is 32.0 Å². The van der Waals surface area contributed by atoms with Gasteiger partial charge in [0.15, 0.2) is 11.5 Å². The molecule has 3 rings (SSSR count). The summed E-state index contributed by atoms with van der Waals surface area (Å²) < 4.78 is 13.1. The highest BCUT2D eigenvalue weighted by Crippen LogP contribution is 2.33. The predicted molar refractivity (Wildman–Crippen MR) is 111 cm³/mol. The van der Waals surface area contributed by atoms with Crippen molar-refractivity contribution in [2.24, 2.45) is 0 Å². The van der Waals surface area contributed by atoms with Gasteiger partial charge in [-0.3, -0.25) is 14.5 Å². The second-order valence-corrected chi connectivity index (χ2v) is 7.40. The summed E-state index contributed by atoms with van der Waals surface area (Å²) in [6.45, 7) is 7.40. The number of aromatic nitrogens is 1. The van der Waals surface area contributed by atoms with Gasteiger partial charge in [0, 0.05) is 17.9 Å². The minimum absolute atomic E-state index is 0.189. The molecule has 0 radical (unpaired) electrons. The SMILES string of the molecule is CCn1c(C)cc(/C=C2\SC(=O)N(CCOc3ccccc3OC)C2=O)c1C. The molecule has 148 valence electrons. The van der Waals surface area contributed by atoms with Gasteiger partial charge in [-0.05, 0) is 62.4 Å². The van der Waals surface area contributed by atoms with Gasteiger partial charge in [-0.25, -0.2) is 0 Å². The van der Waals surface area contributed by atoms with Gasteiger partial charge in [-0.2, -0.15) is 0 Å². The molecule has 1 aliphatic rings. The zero-order chi connectivity index (χ0) is 20.3. The van der Waals surface area contributed by atoms with Gasteiger partial charge in [0.1, 0.15) is 6.61 Å². The zero-order valence-electron chi connectivity index (χ0n) is 16.5. The summed E-state index contributed by atoms with van der Waals surface area (Å²) in [5.74, 6) is 0.919. The Bertz CT molecular complexity index is 932. The maximum absolute atomic E-state index is 12.7. The molecule has 2 amide bonds. The first-order valence-electron chi connectivity index (χ1n) is 9.14. The van der Waals surface area contributed by atoms with Crippen LogP contribution < -0.4 is 9.47 Å². The smallest absolute Gasteiger partial charge is 0.293 e. The van der Waals surface area contributed by atoms with E-state index in [0.29, 0.717) is 16.4 Å². The van der Waals surface area contributed by atoms with E-state index in [-0.39, 0.29) is 24.3 Å². The van der Waals surface area contributed by atoms with Crippen LogP contribution in [0.15, 0.2) is 35.2 Å². The van der Waals surface area contributed by atoms with Crippen LogP contribution in [0.1, 0.15) is 23.9 Å². The summed E-state index contributed by atoms with van der Waals surface area (Å²) in [6, 6.07) is 9.31. The van der Waals surface area contributed by atoms with Crippen molar-refractivity contribution in [1.82, 2.24) is 9.47 Å². The molecule has 0 spiro atoms. The Morgan fingerprint density at radius 2 is 1.86 bits per heavy atom. The first-order valence-corrected chi connectivity index (χ1v) is 9.95. The molecule has 6 nitrogen and oxygen atoms in total. The highest BCUT2D eigenvalue weighted by atomic mass is 32.2. The number of para-hydroxylation sites is 2. The lowest BCUT2D eigenvalue weighted by Gasteiger charge is -2.14. The minimum atomic E-state index is -0.278. The third-order valence-electron chi connectivity index (χ3n) is 4.73.